The molecule has 0 aromatic rings. The van der Waals surface area contributed by atoms with Gasteiger partial charge in [0, 0.05) is 25.4 Å². The van der Waals surface area contributed by atoms with Gasteiger partial charge in [0.1, 0.15) is 9.84 Å². The molecule has 1 saturated carbocycles. The summed E-state index contributed by atoms with van der Waals surface area (Å²) in [6.45, 7) is 7.66. The molecule has 0 atom stereocenters. The Morgan fingerprint density at radius 1 is 1.27 bits per heavy atom. The minimum Gasteiger partial charge on any atom is -0.357 e. The normalized spacial score (nSPS) is 17.2. The SMILES string of the molecule is CCNC(=NCC(C)(C)CCS(C)(=O)=O)NC1CCCC1.I. The van der Waals surface area contributed by atoms with Gasteiger partial charge >= 0.3 is 0 Å². The fourth-order valence-electron chi connectivity index (χ4n) is 2.42. The summed E-state index contributed by atoms with van der Waals surface area (Å²) in [5.41, 5.74) is -0.110. The molecule has 0 aliphatic heterocycles. The minimum atomic E-state index is -2.90. The highest BCUT2D eigenvalue weighted by molar-refractivity contribution is 14.0. The van der Waals surface area contributed by atoms with Gasteiger partial charge in [-0.1, -0.05) is 26.7 Å². The fraction of sp³-hybridized carbons (Fsp3) is 0.933. The summed E-state index contributed by atoms with van der Waals surface area (Å²) in [6, 6.07) is 0.530. The van der Waals surface area contributed by atoms with Crippen molar-refractivity contribution in [1.29, 1.82) is 0 Å². The van der Waals surface area contributed by atoms with E-state index < -0.39 is 9.84 Å². The average molecular weight is 445 g/mol. The van der Waals surface area contributed by atoms with Crippen LogP contribution in [0, 0.1) is 5.41 Å². The molecule has 7 heteroatoms. The zero-order valence-electron chi connectivity index (χ0n) is 14.3. The molecule has 0 unspecified atom stereocenters. The maximum atomic E-state index is 11.3. The van der Waals surface area contributed by atoms with Crippen LogP contribution in [0.2, 0.25) is 0 Å². The van der Waals surface area contributed by atoms with Crippen LogP contribution in [-0.2, 0) is 9.84 Å². The zero-order chi connectivity index (χ0) is 15.9. The molecule has 0 amide bonds. The largest absolute Gasteiger partial charge is 0.357 e. The highest BCUT2D eigenvalue weighted by Gasteiger charge is 2.21. The second kappa shape index (κ2) is 9.95. The Labute approximate surface area is 153 Å². The van der Waals surface area contributed by atoms with Crippen LogP contribution in [0.15, 0.2) is 4.99 Å². The van der Waals surface area contributed by atoms with Gasteiger partial charge in [0.15, 0.2) is 5.96 Å². The van der Waals surface area contributed by atoms with Crippen molar-refractivity contribution in [2.24, 2.45) is 10.4 Å². The summed E-state index contributed by atoms with van der Waals surface area (Å²) in [5.74, 6) is 1.08. The van der Waals surface area contributed by atoms with Crippen LogP contribution in [0.3, 0.4) is 0 Å². The lowest BCUT2D eigenvalue weighted by Crippen LogP contribution is -2.43. The third kappa shape index (κ3) is 9.86. The van der Waals surface area contributed by atoms with Crippen LogP contribution in [0.1, 0.15) is 52.9 Å². The van der Waals surface area contributed by atoms with E-state index in [1.807, 2.05) is 0 Å². The number of halogens is 1. The van der Waals surface area contributed by atoms with Crippen LogP contribution in [0.4, 0.5) is 0 Å². The number of hydrogen-bond donors (Lipinski definition) is 2. The van der Waals surface area contributed by atoms with E-state index in [1.54, 1.807) is 0 Å². The van der Waals surface area contributed by atoms with Crippen LogP contribution < -0.4 is 10.6 Å². The number of nitrogens with zero attached hydrogens (tertiary/aromatic N) is 1. The Balaban J connectivity index is 0.00000441. The molecule has 5 nitrogen and oxygen atoms in total. The first-order valence-electron chi connectivity index (χ1n) is 7.94. The summed E-state index contributed by atoms with van der Waals surface area (Å²) in [4.78, 5) is 4.65. The highest BCUT2D eigenvalue weighted by Crippen LogP contribution is 2.22. The van der Waals surface area contributed by atoms with Crippen LogP contribution >= 0.6 is 24.0 Å². The molecule has 0 radical (unpaired) electrons. The lowest BCUT2D eigenvalue weighted by atomic mass is 9.90. The monoisotopic (exact) mass is 445 g/mol. The first kappa shape index (κ1) is 21.9. The predicted molar refractivity (Wildman–Crippen MR) is 105 cm³/mol. The minimum absolute atomic E-state index is 0. The Morgan fingerprint density at radius 3 is 2.36 bits per heavy atom. The summed E-state index contributed by atoms with van der Waals surface area (Å²) < 4.78 is 22.6. The summed E-state index contributed by atoms with van der Waals surface area (Å²) >= 11 is 0. The number of sulfone groups is 1. The van der Waals surface area contributed by atoms with Gasteiger partial charge in [0.05, 0.1) is 5.75 Å². The first-order valence-corrected chi connectivity index (χ1v) is 10.0. The summed E-state index contributed by atoms with van der Waals surface area (Å²) in [7, 11) is -2.90. The van der Waals surface area contributed by atoms with E-state index in [9.17, 15) is 8.42 Å². The highest BCUT2D eigenvalue weighted by atomic mass is 127. The van der Waals surface area contributed by atoms with Gasteiger partial charge in [-0.15, -0.1) is 24.0 Å². The van der Waals surface area contributed by atoms with Crippen molar-refractivity contribution in [2.75, 3.05) is 25.1 Å². The van der Waals surface area contributed by atoms with Crippen molar-refractivity contribution in [2.45, 2.75) is 58.9 Å². The average Bonchev–Trinajstić information content (AvgIpc) is 2.86. The van der Waals surface area contributed by atoms with Gasteiger partial charge in [0.25, 0.3) is 0 Å². The van der Waals surface area contributed by atoms with Crippen molar-refractivity contribution >= 4 is 39.8 Å². The molecule has 0 spiro atoms. The van der Waals surface area contributed by atoms with E-state index in [0.717, 1.165) is 12.5 Å². The van der Waals surface area contributed by atoms with Crippen LogP contribution in [-0.4, -0.2) is 45.5 Å². The molecule has 1 aliphatic rings. The lowest BCUT2D eigenvalue weighted by molar-refractivity contribution is 0.365. The molecule has 2 N–H and O–H groups in total. The van der Waals surface area contributed by atoms with Crippen molar-refractivity contribution in [3.8, 4) is 0 Å². The lowest BCUT2D eigenvalue weighted by Gasteiger charge is -2.23. The molecule has 1 rings (SSSR count). The topological polar surface area (TPSA) is 70.6 Å². The quantitative estimate of drug-likeness (QED) is 0.359. The Morgan fingerprint density at radius 2 is 1.86 bits per heavy atom. The predicted octanol–water partition coefficient (Wildman–Crippen LogP) is 2.56. The van der Waals surface area contributed by atoms with Crippen molar-refractivity contribution < 1.29 is 8.42 Å². The molecule has 132 valence electrons. The van der Waals surface area contributed by atoms with E-state index in [-0.39, 0.29) is 35.1 Å². The van der Waals surface area contributed by atoms with Crippen LogP contribution in [0.5, 0.6) is 0 Å². The van der Waals surface area contributed by atoms with Gasteiger partial charge in [-0.05, 0) is 31.6 Å². The molecule has 1 aliphatic carbocycles. The molecule has 0 aromatic heterocycles. The van der Waals surface area contributed by atoms with Gasteiger partial charge in [0.2, 0.25) is 0 Å². The molecule has 0 bridgehead atoms. The van der Waals surface area contributed by atoms with E-state index in [1.165, 1.54) is 31.9 Å². The number of nitrogens with one attached hydrogen (secondary N) is 2. The van der Waals surface area contributed by atoms with Crippen molar-refractivity contribution in [3.05, 3.63) is 0 Å². The van der Waals surface area contributed by atoms with Gasteiger partial charge < -0.3 is 10.6 Å². The van der Waals surface area contributed by atoms with Gasteiger partial charge in [-0.25, -0.2) is 8.42 Å². The molecule has 0 saturated heterocycles. The Kier molecular flexibility index (Phi) is 9.93. The Hall–Kier alpha value is -0.0500. The second-order valence-corrected chi connectivity index (χ2v) is 9.12. The first-order chi connectivity index (χ1) is 9.72. The molecular formula is C15H32IN3O2S. The third-order valence-corrected chi connectivity index (χ3v) is 4.80. The smallest absolute Gasteiger partial charge is 0.191 e. The second-order valence-electron chi connectivity index (χ2n) is 6.86. The number of guanidine groups is 1. The molecule has 0 aromatic carbocycles. The maximum absolute atomic E-state index is 11.3. The van der Waals surface area contributed by atoms with E-state index in [4.69, 9.17) is 0 Å². The number of aliphatic imine (C=N–C) groups is 1. The summed E-state index contributed by atoms with van der Waals surface area (Å²) in [5, 5.41) is 6.76. The van der Waals surface area contributed by atoms with Crippen LogP contribution in [0.25, 0.3) is 0 Å². The maximum Gasteiger partial charge on any atom is 0.191 e. The third-order valence-electron chi connectivity index (χ3n) is 3.86. The zero-order valence-corrected chi connectivity index (χ0v) is 17.5. The van der Waals surface area contributed by atoms with E-state index in [0.29, 0.717) is 19.0 Å². The molecule has 22 heavy (non-hydrogen) atoms. The van der Waals surface area contributed by atoms with Crippen molar-refractivity contribution in [3.63, 3.8) is 0 Å². The molecule has 0 heterocycles. The standard InChI is InChI=1S/C15H31N3O2S.HI/c1-5-16-14(18-13-8-6-7-9-13)17-12-15(2,3)10-11-21(4,19)20;/h13H,5-12H2,1-4H3,(H2,16,17,18);1H. The van der Waals surface area contributed by atoms with E-state index in [2.05, 4.69) is 36.4 Å². The Bertz CT molecular complexity index is 444. The van der Waals surface area contributed by atoms with Gasteiger partial charge in [-0.2, -0.15) is 0 Å². The molecular weight excluding hydrogens is 413 g/mol. The fourth-order valence-corrected chi connectivity index (χ4v) is 3.34. The number of hydrogen-bond acceptors (Lipinski definition) is 3. The number of rotatable bonds is 7. The van der Waals surface area contributed by atoms with Crippen molar-refractivity contribution in [1.82, 2.24) is 10.6 Å². The van der Waals surface area contributed by atoms with E-state index >= 15 is 0 Å². The molecule has 1 fully saturated rings. The summed E-state index contributed by atoms with van der Waals surface area (Å²) in [6.07, 6.45) is 6.92. The van der Waals surface area contributed by atoms with Gasteiger partial charge in [-0.3, -0.25) is 4.99 Å².